The van der Waals surface area contributed by atoms with E-state index in [0.29, 0.717) is 12.2 Å². The van der Waals surface area contributed by atoms with Gasteiger partial charge in [-0.2, -0.15) is 5.10 Å². The summed E-state index contributed by atoms with van der Waals surface area (Å²) in [6, 6.07) is 15.9. The molecule has 0 spiro atoms. The lowest BCUT2D eigenvalue weighted by Gasteiger charge is -2.19. The molecule has 3 heterocycles. The number of rotatable bonds is 2. The van der Waals surface area contributed by atoms with Gasteiger partial charge in [0.15, 0.2) is 0 Å². The summed E-state index contributed by atoms with van der Waals surface area (Å²) in [5.74, 6) is -0.0212. The quantitative estimate of drug-likeness (QED) is 0.723. The van der Waals surface area contributed by atoms with Gasteiger partial charge in [-0.1, -0.05) is 35.9 Å². The molecule has 4 rings (SSSR count). The maximum absolute atomic E-state index is 12.7. The van der Waals surface area contributed by atoms with Crippen molar-refractivity contribution in [3.05, 3.63) is 71.7 Å². The van der Waals surface area contributed by atoms with Gasteiger partial charge >= 0.3 is 0 Å². The minimum atomic E-state index is -0.0212. The fraction of sp³-hybridized carbons (Fsp3) is 0.250. The second-order valence-corrected chi connectivity index (χ2v) is 6.41. The molecule has 2 aromatic heterocycles. The van der Waals surface area contributed by atoms with Crippen LogP contribution in [0.4, 0.5) is 0 Å². The summed E-state index contributed by atoms with van der Waals surface area (Å²) in [6.45, 7) is 4.19. The Morgan fingerprint density at radius 2 is 1.92 bits per heavy atom. The zero-order chi connectivity index (χ0) is 17.2. The Bertz CT molecular complexity index is 884. The Morgan fingerprint density at radius 1 is 1.08 bits per heavy atom. The number of fused-ring (bicyclic) bond motifs is 1. The van der Waals surface area contributed by atoms with Crippen LogP contribution in [0.5, 0.6) is 0 Å². The molecule has 0 aliphatic carbocycles. The first-order valence-corrected chi connectivity index (χ1v) is 8.55. The van der Waals surface area contributed by atoms with Crippen LogP contribution in [-0.2, 0) is 13.1 Å². The second-order valence-electron chi connectivity index (χ2n) is 6.41. The van der Waals surface area contributed by atoms with E-state index in [1.54, 1.807) is 12.3 Å². The molecule has 5 nitrogen and oxygen atoms in total. The third-order valence-corrected chi connectivity index (χ3v) is 4.53. The number of aromatic nitrogens is 3. The molecule has 0 N–H and O–H groups in total. The van der Waals surface area contributed by atoms with Crippen molar-refractivity contribution >= 4 is 5.91 Å². The molecule has 126 valence electrons. The monoisotopic (exact) mass is 332 g/mol. The fourth-order valence-corrected chi connectivity index (χ4v) is 3.15. The highest BCUT2D eigenvalue weighted by Gasteiger charge is 2.22. The highest BCUT2D eigenvalue weighted by Crippen LogP contribution is 2.23. The van der Waals surface area contributed by atoms with Crippen LogP contribution in [0.3, 0.4) is 0 Å². The van der Waals surface area contributed by atoms with Gasteiger partial charge < -0.3 is 4.90 Å². The smallest absolute Gasteiger partial charge is 0.272 e. The van der Waals surface area contributed by atoms with E-state index in [9.17, 15) is 4.79 Å². The average molecular weight is 332 g/mol. The predicted octanol–water partition coefficient (Wildman–Crippen LogP) is 3.30. The van der Waals surface area contributed by atoms with Gasteiger partial charge in [0.1, 0.15) is 5.69 Å². The highest BCUT2D eigenvalue weighted by molar-refractivity contribution is 5.92. The first kappa shape index (κ1) is 15.6. The average Bonchev–Trinajstić information content (AvgIpc) is 2.94. The molecular weight excluding hydrogens is 312 g/mol. The summed E-state index contributed by atoms with van der Waals surface area (Å²) >= 11 is 0. The predicted molar refractivity (Wildman–Crippen MR) is 96.0 cm³/mol. The Labute approximate surface area is 146 Å². The third kappa shape index (κ3) is 3.18. The third-order valence-electron chi connectivity index (χ3n) is 4.53. The molecule has 1 aromatic carbocycles. The number of amides is 1. The normalized spacial score (nSPS) is 14.0. The van der Waals surface area contributed by atoms with Crippen LogP contribution in [0.2, 0.25) is 0 Å². The van der Waals surface area contributed by atoms with E-state index >= 15 is 0 Å². The van der Waals surface area contributed by atoms with Gasteiger partial charge in [0.2, 0.25) is 0 Å². The summed E-state index contributed by atoms with van der Waals surface area (Å²) in [5, 5.41) is 4.74. The Kier molecular flexibility index (Phi) is 4.06. The van der Waals surface area contributed by atoms with E-state index in [1.165, 1.54) is 5.56 Å². The van der Waals surface area contributed by atoms with Crippen LogP contribution in [0.15, 0.2) is 54.7 Å². The van der Waals surface area contributed by atoms with E-state index in [0.717, 1.165) is 36.5 Å². The highest BCUT2D eigenvalue weighted by atomic mass is 16.2. The molecule has 1 aliphatic rings. The van der Waals surface area contributed by atoms with Gasteiger partial charge in [-0.25, -0.2) is 0 Å². The zero-order valence-electron chi connectivity index (χ0n) is 14.2. The van der Waals surface area contributed by atoms with Crippen molar-refractivity contribution in [2.75, 3.05) is 6.54 Å². The number of pyridine rings is 1. The molecule has 5 heteroatoms. The topological polar surface area (TPSA) is 51.0 Å². The van der Waals surface area contributed by atoms with Crippen LogP contribution < -0.4 is 0 Å². The first-order valence-electron chi connectivity index (χ1n) is 8.55. The molecular formula is C20H20N4O. The zero-order valence-corrected chi connectivity index (χ0v) is 14.2. The van der Waals surface area contributed by atoms with E-state index in [1.807, 2.05) is 21.7 Å². The van der Waals surface area contributed by atoms with Crippen molar-refractivity contribution in [3.8, 4) is 11.3 Å². The van der Waals surface area contributed by atoms with Crippen molar-refractivity contribution in [3.63, 3.8) is 0 Å². The minimum absolute atomic E-state index is 0.0212. The van der Waals surface area contributed by atoms with Crippen molar-refractivity contribution in [1.82, 2.24) is 19.7 Å². The summed E-state index contributed by atoms with van der Waals surface area (Å²) in [4.78, 5) is 18.8. The Balaban J connectivity index is 1.60. The summed E-state index contributed by atoms with van der Waals surface area (Å²) in [7, 11) is 0. The van der Waals surface area contributed by atoms with Gasteiger partial charge in [0, 0.05) is 24.8 Å². The lowest BCUT2D eigenvalue weighted by molar-refractivity contribution is 0.0740. The maximum Gasteiger partial charge on any atom is 0.272 e. The van der Waals surface area contributed by atoms with Crippen LogP contribution >= 0.6 is 0 Å². The number of nitrogens with zero attached hydrogens (tertiary/aromatic N) is 4. The van der Waals surface area contributed by atoms with Crippen LogP contribution in [0.25, 0.3) is 11.3 Å². The number of benzene rings is 1. The van der Waals surface area contributed by atoms with E-state index in [-0.39, 0.29) is 5.91 Å². The molecule has 1 amide bonds. The van der Waals surface area contributed by atoms with Crippen molar-refractivity contribution in [1.29, 1.82) is 0 Å². The molecule has 3 aromatic rings. The Morgan fingerprint density at radius 3 is 2.68 bits per heavy atom. The van der Waals surface area contributed by atoms with E-state index in [4.69, 9.17) is 5.10 Å². The minimum Gasteiger partial charge on any atom is -0.331 e. The van der Waals surface area contributed by atoms with Gasteiger partial charge in [-0.05, 0) is 31.5 Å². The summed E-state index contributed by atoms with van der Waals surface area (Å²) in [5.41, 5.74) is 4.86. The SMILES string of the molecule is Cc1ccc(-c2cc3n(n2)CCCN(C(=O)c2ccccn2)C3)cc1. The fourth-order valence-electron chi connectivity index (χ4n) is 3.15. The molecule has 0 atom stereocenters. The standard InChI is InChI=1S/C20H20N4O/c1-15-6-8-16(9-7-15)19-13-17-14-23(11-4-12-24(17)22-19)20(25)18-5-2-3-10-21-18/h2-3,5-10,13H,4,11-12,14H2,1H3. The molecule has 0 saturated carbocycles. The van der Waals surface area contributed by atoms with Gasteiger partial charge in [-0.3, -0.25) is 14.5 Å². The number of hydrogen-bond acceptors (Lipinski definition) is 3. The maximum atomic E-state index is 12.7. The van der Waals surface area contributed by atoms with Gasteiger partial charge in [0.25, 0.3) is 5.91 Å². The van der Waals surface area contributed by atoms with Crippen molar-refractivity contribution < 1.29 is 4.79 Å². The lowest BCUT2D eigenvalue weighted by atomic mass is 10.1. The number of hydrogen-bond donors (Lipinski definition) is 0. The number of carbonyl (C=O) groups excluding carboxylic acids is 1. The van der Waals surface area contributed by atoms with Crippen LogP contribution in [-0.4, -0.2) is 32.1 Å². The Hall–Kier alpha value is -2.95. The molecule has 0 unspecified atom stereocenters. The molecule has 0 bridgehead atoms. The van der Waals surface area contributed by atoms with Crippen molar-refractivity contribution in [2.24, 2.45) is 0 Å². The number of aryl methyl sites for hydroxylation is 2. The molecule has 0 saturated heterocycles. The van der Waals surface area contributed by atoms with Crippen LogP contribution in [0.1, 0.15) is 28.2 Å². The summed E-state index contributed by atoms with van der Waals surface area (Å²) in [6.07, 6.45) is 2.55. The van der Waals surface area contributed by atoms with Gasteiger partial charge in [0.05, 0.1) is 17.9 Å². The second kappa shape index (κ2) is 6.51. The molecule has 1 aliphatic heterocycles. The molecule has 25 heavy (non-hydrogen) atoms. The van der Waals surface area contributed by atoms with E-state index in [2.05, 4.69) is 42.2 Å². The number of carbonyl (C=O) groups is 1. The largest absolute Gasteiger partial charge is 0.331 e. The van der Waals surface area contributed by atoms with Crippen LogP contribution in [0, 0.1) is 6.92 Å². The first-order chi connectivity index (χ1) is 12.2. The van der Waals surface area contributed by atoms with E-state index < -0.39 is 0 Å². The van der Waals surface area contributed by atoms with Gasteiger partial charge in [-0.15, -0.1) is 0 Å². The molecule has 0 fully saturated rings. The molecule has 0 radical (unpaired) electrons. The lowest BCUT2D eigenvalue weighted by Crippen LogP contribution is -2.31. The van der Waals surface area contributed by atoms with Crippen molar-refractivity contribution in [2.45, 2.75) is 26.4 Å². The summed E-state index contributed by atoms with van der Waals surface area (Å²) < 4.78 is 2.03.